The van der Waals surface area contributed by atoms with Crippen LogP contribution in [-0.2, 0) is 10.4 Å². The van der Waals surface area contributed by atoms with Gasteiger partial charge in [0.2, 0.25) is 5.75 Å². The Kier molecular flexibility index (Phi) is 3.24. The summed E-state index contributed by atoms with van der Waals surface area (Å²) in [6.07, 6.45) is 0. The van der Waals surface area contributed by atoms with Crippen LogP contribution < -0.4 is 4.18 Å². The van der Waals surface area contributed by atoms with Crippen LogP contribution in [0.1, 0.15) is 0 Å². The van der Waals surface area contributed by atoms with Crippen molar-refractivity contribution in [2.75, 3.05) is 0 Å². The van der Waals surface area contributed by atoms with Crippen molar-refractivity contribution >= 4 is 21.8 Å². The van der Waals surface area contributed by atoms with E-state index >= 15 is 0 Å². The molecule has 0 unspecified atom stereocenters. The molecule has 0 aromatic heterocycles. The Morgan fingerprint density at radius 3 is 2.18 bits per heavy atom. The molecule has 11 heteroatoms. The first-order chi connectivity index (χ1) is 7.70. The zero-order valence-electron chi connectivity index (χ0n) is 7.84. The third kappa shape index (κ3) is 3.35. The van der Waals surface area contributed by atoms with Gasteiger partial charge >= 0.3 is 16.1 Å². The molecule has 0 spiro atoms. The minimum Gasteiger partial charge on any atom is -0.354 e. The topological polar surface area (TPSA) is 150 Å². The number of hydrogen-bond donors (Lipinski definition) is 1. The highest BCUT2D eigenvalue weighted by Crippen LogP contribution is 2.31. The van der Waals surface area contributed by atoms with E-state index in [0.29, 0.717) is 12.1 Å². The highest BCUT2D eigenvalue weighted by Gasteiger charge is 2.23. The molecule has 1 aromatic carbocycles. The summed E-state index contributed by atoms with van der Waals surface area (Å²) in [6.45, 7) is 0. The Bertz CT molecular complexity index is 580. The minimum atomic E-state index is -4.94. The Labute approximate surface area is 93.7 Å². The van der Waals surface area contributed by atoms with Crippen LogP contribution in [0.25, 0.3) is 0 Å². The predicted octanol–water partition coefficient (Wildman–Crippen LogP) is 0.685. The first kappa shape index (κ1) is 12.8. The van der Waals surface area contributed by atoms with Crippen LogP contribution in [0.15, 0.2) is 18.2 Å². The average Bonchev–Trinajstić information content (AvgIpc) is 2.14. The van der Waals surface area contributed by atoms with Crippen LogP contribution >= 0.6 is 0 Å². The summed E-state index contributed by atoms with van der Waals surface area (Å²) in [7, 11) is -4.94. The van der Waals surface area contributed by atoms with Crippen molar-refractivity contribution in [3.05, 3.63) is 38.4 Å². The van der Waals surface area contributed by atoms with Gasteiger partial charge in [0, 0.05) is 6.07 Å². The van der Waals surface area contributed by atoms with Gasteiger partial charge in [-0.3, -0.25) is 24.8 Å². The molecule has 1 rings (SSSR count). The summed E-state index contributed by atoms with van der Waals surface area (Å²) >= 11 is 0. The zero-order valence-corrected chi connectivity index (χ0v) is 8.66. The number of nitro benzene ring substituents is 2. The maximum Gasteiger partial charge on any atom is 0.446 e. The third-order valence-corrected chi connectivity index (χ3v) is 1.94. The van der Waals surface area contributed by atoms with E-state index in [1.807, 2.05) is 0 Å². The lowest BCUT2D eigenvalue weighted by Gasteiger charge is -2.01. The van der Waals surface area contributed by atoms with Gasteiger partial charge in [0.25, 0.3) is 5.69 Å². The van der Waals surface area contributed by atoms with E-state index in [4.69, 9.17) is 4.55 Å². The number of nitrogens with zero attached hydrogens (tertiary/aromatic N) is 2. The molecule has 0 aliphatic rings. The molecular formula is C6H4N2O8S. The van der Waals surface area contributed by atoms with E-state index in [2.05, 4.69) is 4.18 Å². The van der Waals surface area contributed by atoms with Crippen LogP contribution in [0, 0.1) is 20.2 Å². The molecule has 0 atom stereocenters. The lowest BCUT2D eigenvalue weighted by Crippen LogP contribution is -2.08. The largest absolute Gasteiger partial charge is 0.446 e. The van der Waals surface area contributed by atoms with Gasteiger partial charge in [-0.15, -0.1) is 0 Å². The van der Waals surface area contributed by atoms with Crippen molar-refractivity contribution in [3.8, 4) is 5.75 Å². The maximum absolute atomic E-state index is 10.5. The molecule has 1 N–H and O–H groups in total. The number of nitro groups is 2. The maximum atomic E-state index is 10.5. The van der Waals surface area contributed by atoms with Gasteiger partial charge < -0.3 is 4.18 Å². The molecule has 0 saturated heterocycles. The fourth-order valence-electron chi connectivity index (χ4n) is 0.946. The predicted molar refractivity (Wildman–Crippen MR) is 51.9 cm³/mol. The van der Waals surface area contributed by atoms with Gasteiger partial charge in [-0.25, -0.2) is 0 Å². The number of benzene rings is 1. The Morgan fingerprint density at radius 1 is 1.18 bits per heavy atom. The second-order valence-electron chi connectivity index (χ2n) is 2.68. The Hall–Kier alpha value is -2.27. The molecule has 0 amide bonds. The molecule has 0 aliphatic heterocycles. The highest BCUT2D eigenvalue weighted by atomic mass is 32.3. The second-order valence-corrected chi connectivity index (χ2v) is 3.70. The van der Waals surface area contributed by atoms with E-state index in [9.17, 15) is 28.6 Å². The number of hydrogen-bond acceptors (Lipinski definition) is 7. The Balaban J connectivity index is 3.32. The summed E-state index contributed by atoms with van der Waals surface area (Å²) < 4.78 is 33.0. The molecule has 0 heterocycles. The van der Waals surface area contributed by atoms with Gasteiger partial charge in [-0.1, -0.05) is 0 Å². The van der Waals surface area contributed by atoms with Crippen molar-refractivity contribution in [1.29, 1.82) is 0 Å². The van der Waals surface area contributed by atoms with Crippen LogP contribution in [0.3, 0.4) is 0 Å². The molecule has 0 bridgehead atoms. The van der Waals surface area contributed by atoms with E-state index in [-0.39, 0.29) is 0 Å². The van der Waals surface area contributed by atoms with E-state index < -0.39 is 37.4 Å². The third-order valence-electron chi connectivity index (χ3n) is 1.55. The lowest BCUT2D eigenvalue weighted by atomic mass is 10.2. The van der Waals surface area contributed by atoms with Crippen molar-refractivity contribution in [3.63, 3.8) is 0 Å². The summed E-state index contributed by atoms with van der Waals surface area (Å²) in [5, 5.41) is 20.9. The van der Waals surface area contributed by atoms with Crippen molar-refractivity contribution in [1.82, 2.24) is 0 Å². The fraction of sp³-hybridized carbons (Fsp3) is 0. The van der Waals surface area contributed by atoms with Gasteiger partial charge in [0.05, 0.1) is 15.9 Å². The van der Waals surface area contributed by atoms with E-state index in [1.165, 1.54) is 0 Å². The number of non-ortho nitro benzene ring substituents is 1. The average molecular weight is 264 g/mol. The number of rotatable bonds is 4. The fourth-order valence-corrected chi connectivity index (χ4v) is 1.31. The van der Waals surface area contributed by atoms with Crippen molar-refractivity contribution < 1.29 is 27.0 Å². The smallest absolute Gasteiger partial charge is 0.354 e. The summed E-state index contributed by atoms with van der Waals surface area (Å²) in [5.74, 6) is -0.817. The zero-order chi connectivity index (χ0) is 13.2. The second kappa shape index (κ2) is 4.31. The van der Waals surface area contributed by atoms with E-state index in [1.54, 1.807) is 0 Å². The van der Waals surface area contributed by atoms with Gasteiger partial charge in [-0.2, -0.15) is 8.42 Å². The summed E-state index contributed by atoms with van der Waals surface area (Å²) in [6, 6.07) is 2.01. The molecule has 92 valence electrons. The van der Waals surface area contributed by atoms with Crippen LogP contribution in [0.5, 0.6) is 5.75 Å². The SMILES string of the molecule is O=[N+]([O-])c1ccc(OS(=O)(=O)O)c([N+](=O)[O-])c1. The molecule has 0 aliphatic carbocycles. The Morgan fingerprint density at radius 2 is 1.76 bits per heavy atom. The van der Waals surface area contributed by atoms with Gasteiger partial charge in [0.1, 0.15) is 0 Å². The summed E-state index contributed by atoms with van der Waals surface area (Å²) in [4.78, 5) is 18.9. The van der Waals surface area contributed by atoms with Gasteiger partial charge in [0.15, 0.2) is 0 Å². The van der Waals surface area contributed by atoms with Gasteiger partial charge in [-0.05, 0) is 6.07 Å². The molecule has 0 fully saturated rings. The molecule has 1 aromatic rings. The molecule has 0 saturated carbocycles. The minimum absolute atomic E-state index is 0.514. The standard InChI is InChI=1S/C6H4N2O8S/c9-7(10)4-1-2-6(16-17(13,14)15)5(3-4)8(11)12/h1-3H,(H,13,14,15). The molecular weight excluding hydrogens is 260 g/mol. The van der Waals surface area contributed by atoms with Crippen molar-refractivity contribution in [2.24, 2.45) is 0 Å². The molecule has 10 nitrogen and oxygen atoms in total. The first-order valence-corrected chi connectivity index (χ1v) is 5.17. The summed E-state index contributed by atoms with van der Waals surface area (Å²) in [5.41, 5.74) is -1.56. The van der Waals surface area contributed by atoms with Crippen LogP contribution in [0.4, 0.5) is 11.4 Å². The van der Waals surface area contributed by atoms with Crippen molar-refractivity contribution in [2.45, 2.75) is 0 Å². The quantitative estimate of drug-likeness (QED) is 0.473. The molecule has 17 heavy (non-hydrogen) atoms. The monoisotopic (exact) mass is 264 g/mol. The lowest BCUT2D eigenvalue weighted by molar-refractivity contribution is -0.394. The molecule has 0 radical (unpaired) electrons. The van der Waals surface area contributed by atoms with Crippen LogP contribution in [-0.4, -0.2) is 22.8 Å². The first-order valence-electron chi connectivity index (χ1n) is 3.80. The van der Waals surface area contributed by atoms with Crippen LogP contribution in [0.2, 0.25) is 0 Å². The van der Waals surface area contributed by atoms with E-state index in [0.717, 1.165) is 6.07 Å². The normalized spacial score (nSPS) is 10.9. The highest BCUT2D eigenvalue weighted by molar-refractivity contribution is 7.81.